The van der Waals surface area contributed by atoms with Crippen LogP contribution >= 0.6 is 11.6 Å². The number of aromatic hydroxyl groups is 1. The van der Waals surface area contributed by atoms with E-state index in [9.17, 15) is 9.90 Å². The predicted octanol–water partition coefficient (Wildman–Crippen LogP) is 4.35. The number of carbonyl (C=O) groups is 1. The van der Waals surface area contributed by atoms with Gasteiger partial charge >= 0.3 is 0 Å². The molecule has 4 nitrogen and oxygen atoms in total. The van der Waals surface area contributed by atoms with Gasteiger partial charge in [-0.1, -0.05) is 17.7 Å². The number of allylic oxidation sites excluding steroid dienone is 1. The first-order chi connectivity index (χ1) is 11.0. The molecule has 0 aliphatic rings. The lowest BCUT2D eigenvalue weighted by atomic mass is 10.1. The molecule has 2 aromatic rings. The summed E-state index contributed by atoms with van der Waals surface area (Å²) in [4.78, 5) is 12.1. The Morgan fingerprint density at radius 2 is 1.96 bits per heavy atom. The fourth-order valence-corrected chi connectivity index (χ4v) is 2.29. The minimum Gasteiger partial charge on any atom is -0.508 e. The second-order valence-electron chi connectivity index (χ2n) is 4.71. The molecular formula is C18H17ClO4. The van der Waals surface area contributed by atoms with Gasteiger partial charge < -0.3 is 14.6 Å². The molecule has 0 bridgehead atoms. The average Bonchev–Trinajstić information content (AvgIpc) is 2.55. The first kappa shape index (κ1) is 16.9. The Balaban J connectivity index is 2.23. The lowest BCUT2D eigenvalue weighted by Gasteiger charge is -2.11. The third kappa shape index (κ3) is 4.27. The van der Waals surface area contributed by atoms with E-state index in [-0.39, 0.29) is 11.5 Å². The van der Waals surface area contributed by atoms with Crippen molar-refractivity contribution < 1.29 is 19.4 Å². The molecule has 0 radical (unpaired) electrons. The normalized spacial score (nSPS) is 10.7. The fourth-order valence-electron chi connectivity index (χ4n) is 2.01. The smallest absolute Gasteiger partial charge is 0.185 e. The predicted molar refractivity (Wildman–Crippen MR) is 90.6 cm³/mol. The molecule has 0 fully saturated rings. The maximum atomic E-state index is 12.1. The number of methoxy groups -OCH3 is 1. The van der Waals surface area contributed by atoms with Crippen LogP contribution in [0.4, 0.5) is 0 Å². The van der Waals surface area contributed by atoms with Gasteiger partial charge in [0.05, 0.1) is 18.7 Å². The zero-order chi connectivity index (χ0) is 16.8. The van der Waals surface area contributed by atoms with Gasteiger partial charge in [0.25, 0.3) is 0 Å². The van der Waals surface area contributed by atoms with Crippen LogP contribution in [0.2, 0.25) is 5.02 Å². The summed E-state index contributed by atoms with van der Waals surface area (Å²) in [6, 6.07) is 9.52. The zero-order valence-corrected chi connectivity index (χ0v) is 13.6. The zero-order valence-electron chi connectivity index (χ0n) is 12.9. The van der Waals surface area contributed by atoms with E-state index in [0.29, 0.717) is 28.7 Å². The van der Waals surface area contributed by atoms with E-state index in [1.807, 2.05) is 6.92 Å². The van der Waals surface area contributed by atoms with Crippen molar-refractivity contribution in [1.82, 2.24) is 0 Å². The van der Waals surface area contributed by atoms with Gasteiger partial charge in [-0.2, -0.15) is 0 Å². The van der Waals surface area contributed by atoms with Crippen LogP contribution in [0.15, 0.2) is 42.5 Å². The molecule has 2 aromatic carbocycles. The number of phenolic OH excluding ortho intramolecular Hbond substituents is 1. The van der Waals surface area contributed by atoms with Crippen LogP contribution in [-0.4, -0.2) is 24.6 Å². The van der Waals surface area contributed by atoms with Gasteiger partial charge in [-0.15, -0.1) is 0 Å². The molecule has 5 heteroatoms. The van der Waals surface area contributed by atoms with E-state index in [4.69, 9.17) is 21.1 Å². The van der Waals surface area contributed by atoms with Crippen LogP contribution in [-0.2, 0) is 0 Å². The highest BCUT2D eigenvalue weighted by Gasteiger charge is 2.11. The topological polar surface area (TPSA) is 55.8 Å². The number of ether oxygens (including phenoxy) is 2. The van der Waals surface area contributed by atoms with E-state index in [1.54, 1.807) is 30.3 Å². The van der Waals surface area contributed by atoms with Crippen molar-refractivity contribution in [2.45, 2.75) is 6.92 Å². The van der Waals surface area contributed by atoms with Crippen molar-refractivity contribution >= 4 is 23.5 Å². The van der Waals surface area contributed by atoms with Crippen LogP contribution in [0, 0.1) is 0 Å². The van der Waals surface area contributed by atoms with Gasteiger partial charge in [-0.05, 0) is 55.0 Å². The minimum absolute atomic E-state index is 0.119. The summed E-state index contributed by atoms with van der Waals surface area (Å²) in [7, 11) is 1.53. The molecular weight excluding hydrogens is 316 g/mol. The van der Waals surface area contributed by atoms with E-state index < -0.39 is 0 Å². The van der Waals surface area contributed by atoms with Crippen LogP contribution < -0.4 is 9.47 Å². The van der Waals surface area contributed by atoms with E-state index in [1.165, 1.54) is 25.3 Å². The number of ketones is 1. The number of carbonyl (C=O) groups excluding carboxylic acids is 1. The Morgan fingerprint density at radius 1 is 1.26 bits per heavy atom. The molecule has 0 spiro atoms. The highest BCUT2D eigenvalue weighted by molar-refractivity contribution is 6.32. The summed E-state index contributed by atoms with van der Waals surface area (Å²) < 4.78 is 10.7. The number of halogens is 1. The summed E-state index contributed by atoms with van der Waals surface area (Å²) in [5.41, 5.74) is 1.21. The molecule has 120 valence electrons. The van der Waals surface area contributed by atoms with E-state index >= 15 is 0 Å². The van der Waals surface area contributed by atoms with Gasteiger partial charge in [-0.3, -0.25) is 4.79 Å². The highest BCUT2D eigenvalue weighted by Crippen LogP contribution is 2.36. The average molecular weight is 333 g/mol. The van der Waals surface area contributed by atoms with Gasteiger partial charge in [0, 0.05) is 5.56 Å². The Hall–Kier alpha value is -2.46. The number of rotatable bonds is 6. The summed E-state index contributed by atoms with van der Waals surface area (Å²) >= 11 is 6.19. The molecule has 0 heterocycles. The van der Waals surface area contributed by atoms with Crippen molar-refractivity contribution in [3.05, 3.63) is 58.6 Å². The molecule has 2 rings (SSSR count). The quantitative estimate of drug-likeness (QED) is 0.631. The molecule has 0 atom stereocenters. The van der Waals surface area contributed by atoms with Crippen molar-refractivity contribution in [2.75, 3.05) is 13.7 Å². The Morgan fingerprint density at radius 3 is 2.57 bits per heavy atom. The Labute approximate surface area is 139 Å². The van der Waals surface area contributed by atoms with Crippen molar-refractivity contribution in [3.63, 3.8) is 0 Å². The molecule has 0 aliphatic heterocycles. The molecule has 1 N–H and O–H groups in total. The van der Waals surface area contributed by atoms with E-state index in [2.05, 4.69) is 0 Å². The molecule has 0 amide bonds. The van der Waals surface area contributed by atoms with Crippen LogP contribution in [0.3, 0.4) is 0 Å². The Kier molecular flexibility index (Phi) is 5.66. The van der Waals surface area contributed by atoms with Gasteiger partial charge in [0.1, 0.15) is 5.75 Å². The first-order valence-electron chi connectivity index (χ1n) is 7.07. The standard InChI is InChI=1S/C18H17ClO4/c1-3-23-18-15(19)10-12(11-17(18)22-2)4-9-16(21)13-5-7-14(20)8-6-13/h4-11,20H,3H2,1-2H3. The lowest BCUT2D eigenvalue weighted by molar-refractivity contribution is 0.104. The Bertz CT molecular complexity index is 721. The third-order valence-corrected chi connectivity index (χ3v) is 3.40. The molecule has 0 saturated carbocycles. The summed E-state index contributed by atoms with van der Waals surface area (Å²) in [5.74, 6) is 0.942. The molecule has 0 aromatic heterocycles. The molecule has 0 saturated heterocycles. The molecule has 0 aliphatic carbocycles. The van der Waals surface area contributed by atoms with Crippen LogP contribution in [0.5, 0.6) is 17.2 Å². The monoisotopic (exact) mass is 332 g/mol. The van der Waals surface area contributed by atoms with Crippen LogP contribution in [0.25, 0.3) is 6.08 Å². The number of phenols is 1. The van der Waals surface area contributed by atoms with Gasteiger partial charge in [-0.25, -0.2) is 0 Å². The van der Waals surface area contributed by atoms with E-state index in [0.717, 1.165) is 5.56 Å². The minimum atomic E-state index is -0.172. The van der Waals surface area contributed by atoms with Crippen LogP contribution in [0.1, 0.15) is 22.8 Å². The maximum absolute atomic E-state index is 12.1. The third-order valence-electron chi connectivity index (χ3n) is 3.12. The van der Waals surface area contributed by atoms with Crippen molar-refractivity contribution in [1.29, 1.82) is 0 Å². The second kappa shape index (κ2) is 7.70. The SMILES string of the molecule is CCOc1c(Cl)cc(C=CC(=O)c2ccc(O)cc2)cc1OC. The fraction of sp³-hybridized carbons (Fsp3) is 0.167. The first-order valence-corrected chi connectivity index (χ1v) is 7.44. The molecule has 23 heavy (non-hydrogen) atoms. The van der Waals surface area contributed by atoms with Crippen molar-refractivity contribution in [3.8, 4) is 17.2 Å². The lowest BCUT2D eigenvalue weighted by Crippen LogP contribution is -1.97. The highest BCUT2D eigenvalue weighted by atomic mass is 35.5. The van der Waals surface area contributed by atoms with Gasteiger partial charge in [0.2, 0.25) is 0 Å². The molecule has 0 unspecified atom stereocenters. The second-order valence-corrected chi connectivity index (χ2v) is 5.12. The number of benzene rings is 2. The summed E-state index contributed by atoms with van der Waals surface area (Å²) in [6.07, 6.45) is 3.09. The maximum Gasteiger partial charge on any atom is 0.185 e. The number of hydrogen-bond donors (Lipinski definition) is 1. The summed E-state index contributed by atoms with van der Waals surface area (Å²) in [5, 5.41) is 9.65. The summed E-state index contributed by atoms with van der Waals surface area (Å²) in [6.45, 7) is 2.34. The van der Waals surface area contributed by atoms with Gasteiger partial charge in [0.15, 0.2) is 17.3 Å². The van der Waals surface area contributed by atoms with Crippen molar-refractivity contribution in [2.24, 2.45) is 0 Å². The number of hydrogen-bond acceptors (Lipinski definition) is 4. The largest absolute Gasteiger partial charge is 0.508 e.